The Kier molecular flexibility index (Phi) is 7.59. The smallest absolute Gasteiger partial charge is 0.147 e. The Morgan fingerprint density at radius 2 is 1.10 bits per heavy atom. The third-order valence-corrected chi connectivity index (χ3v) is 5.72. The van der Waals surface area contributed by atoms with Gasteiger partial charge in [0.05, 0.1) is 11.5 Å². The van der Waals surface area contributed by atoms with Crippen molar-refractivity contribution in [2.45, 2.75) is 19.3 Å². The van der Waals surface area contributed by atoms with Gasteiger partial charge in [0.25, 0.3) is 0 Å². The van der Waals surface area contributed by atoms with Crippen LogP contribution >= 0.6 is 0 Å². The Hall–Kier alpha value is -0.180. The van der Waals surface area contributed by atoms with Gasteiger partial charge >= 0.3 is 0 Å². The summed E-state index contributed by atoms with van der Waals surface area (Å²) in [5.41, 5.74) is 0. The van der Waals surface area contributed by atoms with Crippen LogP contribution in [0.1, 0.15) is 19.3 Å². The molecule has 0 aromatic carbocycles. The molecule has 0 aromatic heterocycles. The minimum atomic E-state index is -2.86. The number of rotatable bonds is 8. The van der Waals surface area contributed by atoms with Crippen molar-refractivity contribution in [3.8, 4) is 0 Å². The molecular weight excluding hydrogens is 312 g/mol. The lowest BCUT2D eigenvalue weighted by atomic mass is 10.3. The van der Waals surface area contributed by atoms with E-state index in [1.807, 2.05) is 0 Å². The summed E-state index contributed by atoms with van der Waals surface area (Å²) in [4.78, 5) is 4.61. The van der Waals surface area contributed by atoms with Crippen molar-refractivity contribution in [3.05, 3.63) is 0 Å². The van der Waals surface area contributed by atoms with Crippen LogP contribution < -0.4 is 0 Å². The predicted molar refractivity (Wildman–Crippen MR) is 86.2 cm³/mol. The topological polar surface area (TPSA) is 74.8 Å². The fourth-order valence-corrected chi connectivity index (χ4v) is 3.88. The largest absolute Gasteiger partial charge is 0.302 e. The van der Waals surface area contributed by atoms with E-state index in [-0.39, 0.29) is 11.5 Å². The van der Waals surface area contributed by atoms with Crippen molar-refractivity contribution in [3.63, 3.8) is 0 Å². The van der Waals surface area contributed by atoms with Gasteiger partial charge in [-0.1, -0.05) is 0 Å². The third kappa shape index (κ3) is 10.2. The fourth-order valence-electron chi connectivity index (χ4n) is 2.57. The summed E-state index contributed by atoms with van der Waals surface area (Å²) < 4.78 is 44.5. The van der Waals surface area contributed by atoms with E-state index in [4.69, 9.17) is 0 Å². The maximum atomic E-state index is 11.1. The van der Waals surface area contributed by atoms with Gasteiger partial charge in [-0.15, -0.1) is 0 Å². The molecule has 8 heteroatoms. The molecule has 1 aliphatic heterocycles. The Morgan fingerprint density at radius 3 is 1.43 bits per heavy atom. The summed E-state index contributed by atoms with van der Waals surface area (Å²) in [6.07, 6.45) is 4.98. The van der Waals surface area contributed by atoms with Crippen LogP contribution in [0.4, 0.5) is 0 Å². The standard InChI is InChI=1S/C13H28N2O4S2/c1-20(16,17)12-4-8-14-6-3-7-15(11-10-14)9-5-13-21(2,18)19/h3-13H2,1-2H3. The molecule has 0 N–H and O–H groups in total. The third-order valence-electron chi connectivity index (χ3n) is 3.66. The first-order chi connectivity index (χ1) is 9.66. The summed E-state index contributed by atoms with van der Waals surface area (Å²) in [6.45, 7) is 5.50. The molecule has 1 saturated heterocycles. The molecule has 1 rings (SSSR count). The Morgan fingerprint density at radius 1 is 0.714 bits per heavy atom. The highest BCUT2D eigenvalue weighted by atomic mass is 32.2. The molecule has 0 unspecified atom stereocenters. The second-order valence-corrected chi connectivity index (χ2v) is 10.5. The first kappa shape index (κ1) is 18.9. The Labute approximate surface area is 129 Å². The number of hydrogen-bond donors (Lipinski definition) is 0. The molecule has 1 fully saturated rings. The van der Waals surface area contributed by atoms with Gasteiger partial charge < -0.3 is 9.80 Å². The molecule has 0 bridgehead atoms. The van der Waals surface area contributed by atoms with Gasteiger partial charge in [-0.3, -0.25) is 0 Å². The molecule has 0 saturated carbocycles. The van der Waals surface area contributed by atoms with Gasteiger partial charge in [-0.2, -0.15) is 0 Å². The van der Waals surface area contributed by atoms with Gasteiger partial charge in [0.15, 0.2) is 0 Å². The van der Waals surface area contributed by atoms with Gasteiger partial charge in [0.2, 0.25) is 0 Å². The summed E-state index contributed by atoms with van der Waals surface area (Å²) in [6, 6.07) is 0. The number of hydrogen-bond acceptors (Lipinski definition) is 6. The minimum absolute atomic E-state index is 0.252. The summed E-state index contributed by atoms with van der Waals surface area (Å²) in [5, 5.41) is 0. The molecule has 126 valence electrons. The summed E-state index contributed by atoms with van der Waals surface area (Å²) >= 11 is 0. The fraction of sp³-hybridized carbons (Fsp3) is 1.00. The zero-order valence-electron chi connectivity index (χ0n) is 13.1. The molecule has 1 heterocycles. The monoisotopic (exact) mass is 340 g/mol. The average molecular weight is 341 g/mol. The second-order valence-electron chi connectivity index (χ2n) is 6.00. The van der Waals surface area contributed by atoms with Crippen molar-refractivity contribution < 1.29 is 16.8 Å². The molecule has 21 heavy (non-hydrogen) atoms. The van der Waals surface area contributed by atoms with Gasteiger partial charge in [-0.05, 0) is 45.4 Å². The van der Waals surface area contributed by atoms with Crippen LogP contribution in [-0.2, 0) is 19.7 Å². The number of nitrogens with zero attached hydrogens (tertiary/aromatic N) is 2. The lowest BCUT2D eigenvalue weighted by Crippen LogP contribution is -2.32. The molecular formula is C13H28N2O4S2. The Bertz CT molecular complexity index is 456. The van der Waals surface area contributed by atoms with Crippen molar-refractivity contribution in [1.82, 2.24) is 9.80 Å². The van der Waals surface area contributed by atoms with Crippen molar-refractivity contribution in [2.75, 3.05) is 63.3 Å². The SMILES string of the molecule is CS(=O)(=O)CCCN1CCCN(CCCS(C)(=O)=O)CC1. The normalized spacial score (nSPS) is 19.5. The van der Waals surface area contributed by atoms with Gasteiger partial charge in [0, 0.05) is 25.6 Å². The van der Waals surface area contributed by atoms with Crippen molar-refractivity contribution in [1.29, 1.82) is 0 Å². The van der Waals surface area contributed by atoms with E-state index in [0.717, 1.165) is 45.7 Å². The van der Waals surface area contributed by atoms with Crippen LogP contribution in [-0.4, -0.2) is 89.9 Å². The van der Waals surface area contributed by atoms with Crippen LogP contribution in [0.3, 0.4) is 0 Å². The number of sulfone groups is 2. The van der Waals surface area contributed by atoms with Crippen LogP contribution in [0.25, 0.3) is 0 Å². The molecule has 0 atom stereocenters. The zero-order valence-corrected chi connectivity index (χ0v) is 14.8. The summed E-state index contributed by atoms with van der Waals surface area (Å²) in [5.74, 6) is 0.503. The van der Waals surface area contributed by atoms with E-state index >= 15 is 0 Å². The Balaban J connectivity index is 2.24. The van der Waals surface area contributed by atoms with Crippen LogP contribution in [0.5, 0.6) is 0 Å². The van der Waals surface area contributed by atoms with E-state index in [9.17, 15) is 16.8 Å². The summed E-state index contributed by atoms with van der Waals surface area (Å²) in [7, 11) is -5.73. The molecule has 0 aromatic rings. The van der Waals surface area contributed by atoms with Crippen LogP contribution in [0, 0.1) is 0 Å². The first-order valence-electron chi connectivity index (χ1n) is 7.46. The highest BCUT2D eigenvalue weighted by Gasteiger charge is 2.15. The highest BCUT2D eigenvalue weighted by molar-refractivity contribution is 7.90. The quantitative estimate of drug-likeness (QED) is 0.612. The van der Waals surface area contributed by atoms with E-state index in [0.29, 0.717) is 12.8 Å². The van der Waals surface area contributed by atoms with Crippen LogP contribution in [0.2, 0.25) is 0 Å². The lowest BCUT2D eigenvalue weighted by Gasteiger charge is -2.21. The highest BCUT2D eigenvalue weighted by Crippen LogP contribution is 2.05. The lowest BCUT2D eigenvalue weighted by molar-refractivity contribution is 0.257. The second kappa shape index (κ2) is 8.45. The minimum Gasteiger partial charge on any atom is -0.302 e. The van der Waals surface area contributed by atoms with Gasteiger partial charge in [-0.25, -0.2) is 16.8 Å². The van der Waals surface area contributed by atoms with Gasteiger partial charge in [0.1, 0.15) is 19.7 Å². The molecule has 6 nitrogen and oxygen atoms in total. The maximum absolute atomic E-state index is 11.1. The average Bonchev–Trinajstić information content (AvgIpc) is 2.52. The van der Waals surface area contributed by atoms with Crippen LogP contribution in [0.15, 0.2) is 0 Å². The maximum Gasteiger partial charge on any atom is 0.147 e. The van der Waals surface area contributed by atoms with E-state index in [1.165, 1.54) is 12.5 Å². The molecule has 0 spiro atoms. The first-order valence-corrected chi connectivity index (χ1v) is 11.6. The van der Waals surface area contributed by atoms with Crippen molar-refractivity contribution in [2.24, 2.45) is 0 Å². The van der Waals surface area contributed by atoms with E-state index in [1.54, 1.807) is 0 Å². The zero-order chi connectivity index (χ0) is 15.9. The van der Waals surface area contributed by atoms with E-state index in [2.05, 4.69) is 9.80 Å². The molecule has 0 aliphatic carbocycles. The molecule has 0 amide bonds. The van der Waals surface area contributed by atoms with E-state index < -0.39 is 19.7 Å². The predicted octanol–water partition coefficient (Wildman–Crippen LogP) is -0.136. The molecule has 0 radical (unpaired) electrons. The molecule has 1 aliphatic rings. The van der Waals surface area contributed by atoms with Crippen molar-refractivity contribution >= 4 is 19.7 Å².